The van der Waals surface area contributed by atoms with Crippen LogP contribution in [0.4, 0.5) is 0 Å². The van der Waals surface area contributed by atoms with Crippen molar-refractivity contribution in [2.75, 3.05) is 42.7 Å². The van der Waals surface area contributed by atoms with Gasteiger partial charge < -0.3 is 38.4 Å². The molecule has 0 unspecified atom stereocenters. The molecule has 2 aromatic carbocycles. The highest BCUT2D eigenvalue weighted by Crippen LogP contribution is 2.45. The number of fused-ring (bicyclic) bond motifs is 8. The number of hydrogen-bond acceptors (Lipinski definition) is 8. The highest BCUT2D eigenvalue weighted by molar-refractivity contribution is 9.10. The van der Waals surface area contributed by atoms with Crippen molar-refractivity contribution in [2.24, 2.45) is 0 Å². The topological polar surface area (TPSA) is 113 Å². The second kappa shape index (κ2) is 13.1. The summed E-state index contributed by atoms with van der Waals surface area (Å²) in [5, 5.41) is 0. The zero-order chi connectivity index (χ0) is 34.2. The molecular weight excluding hydrogens is 688 g/mol. The average Bonchev–Trinajstić information content (AvgIpc) is 3.96. The number of H-pyrrole nitrogens is 2. The fraction of sp³-hybridized carbons (Fsp3) is 0.158. The summed E-state index contributed by atoms with van der Waals surface area (Å²) in [6.07, 6.45) is 7.98. The van der Waals surface area contributed by atoms with Crippen LogP contribution in [0.2, 0.25) is 0 Å². The highest BCUT2D eigenvalue weighted by atomic mass is 79.9. The molecule has 0 atom stereocenters. The third kappa shape index (κ3) is 5.65. The maximum absolute atomic E-state index is 5.70. The fourth-order valence-electron chi connectivity index (χ4n) is 6.16. The number of rotatable bonds is 8. The lowest BCUT2D eigenvalue weighted by Gasteiger charge is -2.14. The molecule has 0 aliphatic carbocycles. The molecule has 7 rings (SSSR count). The van der Waals surface area contributed by atoms with Gasteiger partial charge in [0.15, 0.2) is 23.0 Å². The van der Waals surface area contributed by atoms with Crippen molar-refractivity contribution in [2.45, 2.75) is 0 Å². The number of nitrogens with one attached hydrogen (secondary N) is 2. The van der Waals surface area contributed by atoms with E-state index in [1.165, 1.54) is 0 Å². The maximum Gasteiger partial charge on any atom is 0.203 e. The molecule has 3 aromatic heterocycles. The summed E-state index contributed by atoms with van der Waals surface area (Å²) in [4.78, 5) is 17.3. The first-order chi connectivity index (χ1) is 23.9. The Morgan fingerprint density at radius 3 is 1.51 bits per heavy atom. The van der Waals surface area contributed by atoms with Gasteiger partial charge in [-0.25, -0.2) is 9.97 Å². The van der Waals surface area contributed by atoms with Gasteiger partial charge in [0.05, 0.1) is 75.4 Å². The van der Waals surface area contributed by atoms with Crippen LogP contribution >= 0.6 is 15.9 Å². The molecule has 10 nitrogen and oxygen atoms in total. The third-order valence-electron chi connectivity index (χ3n) is 8.42. The van der Waals surface area contributed by atoms with E-state index in [1.54, 1.807) is 42.7 Å². The molecule has 0 saturated heterocycles. The van der Waals surface area contributed by atoms with Gasteiger partial charge >= 0.3 is 0 Å². The van der Waals surface area contributed by atoms with Gasteiger partial charge in [-0.3, -0.25) is 0 Å². The van der Waals surface area contributed by atoms with Crippen LogP contribution in [-0.2, 0) is 0 Å². The monoisotopic (exact) mass is 720 g/mol. The molecular formula is C38H33BrN4O6. The lowest BCUT2D eigenvalue weighted by molar-refractivity contribution is 0.324. The number of benzene rings is 2. The van der Waals surface area contributed by atoms with Crippen molar-refractivity contribution in [3.63, 3.8) is 0 Å². The summed E-state index contributed by atoms with van der Waals surface area (Å²) in [5.74, 6) is 3.20. The minimum absolute atomic E-state index is 0.513. The van der Waals surface area contributed by atoms with E-state index < -0.39 is 0 Å². The van der Waals surface area contributed by atoms with E-state index in [0.29, 0.717) is 34.5 Å². The van der Waals surface area contributed by atoms with Gasteiger partial charge in [0.25, 0.3) is 0 Å². The van der Waals surface area contributed by atoms with Crippen molar-refractivity contribution in [3.8, 4) is 56.8 Å². The van der Waals surface area contributed by atoms with Crippen LogP contribution < -0.4 is 28.4 Å². The van der Waals surface area contributed by atoms with E-state index >= 15 is 0 Å². The van der Waals surface area contributed by atoms with Crippen LogP contribution in [0.3, 0.4) is 0 Å². The molecule has 0 amide bonds. The first-order valence-electron chi connectivity index (χ1n) is 15.3. The van der Waals surface area contributed by atoms with E-state index in [0.717, 1.165) is 71.6 Å². The quantitative estimate of drug-likeness (QED) is 0.160. The van der Waals surface area contributed by atoms with Gasteiger partial charge in [0.2, 0.25) is 11.5 Å². The van der Waals surface area contributed by atoms with Crippen LogP contribution in [0.1, 0.15) is 22.8 Å². The molecule has 2 N–H and O–H groups in total. The van der Waals surface area contributed by atoms with Gasteiger partial charge in [-0.1, -0.05) is 0 Å². The Hall–Kier alpha value is -5.68. The van der Waals surface area contributed by atoms with Crippen molar-refractivity contribution in [1.29, 1.82) is 0 Å². The number of halogens is 1. The number of ether oxygens (including phenoxy) is 6. The van der Waals surface area contributed by atoms with E-state index in [2.05, 4.69) is 25.9 Å². The molecule has 5 heterocycles. The SMILES string of the molecule is COc1cc(-c2c3nc(c(Br)c4ccc([nH]4)c(-c4cc(OC)c(OC)c(OC)c4)c4nc(cc5ccc2[nH]5)C=C4)C=C3)cc(OC)c1OC. The Labute approximate surface area is 291 Å². The van der Waals surface area contributed by atoms with E-state index in [9.17, 15) is 0 Å². The Morgan fingerprint density at radius 2 is 0.959 bits per heavy atom. The van der Waals surface area contributed by atoms with E-state index in [1.807, 2.05) is 78.9 Å². The molecule has 0 saturated carbocycles. The summed E-state index contributed by atoms with van der Waals surface area (Å²) in [6, 6.07) is 17.8. The zero-order valence-electron chi connectivity index (χ0n) is 27.7. The van der Waals surface area contributed by atoms with Crippen LogP contribution in [0.15, 0.2) is 59.1 Å². The fourth-order valence-corrected chi connectivity index (χ4v) is 6.62. The van der Waals surface area contributed by atoms with Crippen LogP contribution in [-0.4, -0.2) is 62.6 Å². The number of methoxy groups -OCH3 is 6. The lowest BCUT2D eigenvalue weighted by atomic mass is 10.0. The third-order valence-corrected chi connectivity index (χ3v) is 9.25. The van der Waals surface area contributed by atoms with Gasteiger partial charge in [-0.15, -0.1) is 0 Å². The summed E-state index contributed by atoms with van der Waals surface area (Å²) in [6.45, 7) is 0. The standard InChI is InChI=1S/C38H33BrN4O6/c1-44-30-15-20(16-31(45-2)37(30)48-5)34-24-9-7-22(40-24)19-23-8-10-25(41-23)35(21-17-32(46-3)38(49-6)33(18-21)47-4)27-12-14-29(43-27)36(39)28-13-11-26(34)42-28/h7-19,40,43H,1-6H3. The van der Waals surface area contributed by atoms with Gasteiger partial charge in [0.1, 0.15) is 0 Å². The minimum Gasteiger partial charge on any atom is -0.493 e. The number of aromatic nitrogens is 4. The van der Waals surface area contributed by atoms with Crippen LogP contribution in [0.25, 0.3) is 68.6 Å². The number of nitrogens with zero attached hydrogens (tertiary/aromatic N) is 2. The number of hydrogen-bond donors (Lipinski definition) is 2. The molecule has 0 fully saturated rings. The van der Waals surface area contributed by atoms with Gasteiger partial charge in [-0.05, 0) is 106 Å². The maximum atomic E-state index is 5.70. The molecule has 0 spiro atoms. The molecule has 49 heavy (non-hydrogen) atoms. The smallest absolute Gasteiger partial charge is 0.203 e. The molecule has 5 aromatic rings. The Morgan fingerprint density at radius 1 is 0.490 bits per heavy atom. The minimum atomic E-state index is 0.513. The first-order valence-corrected chi connectivity index (χ1v) is 16.1. The number of aromatic amines is 2. The van der Waals surface area contributed by atoms with Gasteiger partial charge in [-0.2, -0.15) is 0 Å². The summed E-state index contributed by atoms with van der Waals surface area (Å²) in [5.41, 5.74) is 9.86. The summed E-state index contributed by atoms with van der Waals surface area (Å²) in [7, 11) is 9.60. The van der Waals surface area contributed by atoms with Crippen LogP contribution in [0, 0.1) is 0 Å². The van der Waals surface area contributed by atoms with Crippen molar-refractivity contribution < 1.29 is 28.4 Å². The van der Waals surface area contributed by atoms with E-state index in [4.69, 9.17) is 38.4 Å². The lowest BCUT2D eigenvalue weighted by Crippen LogP contribution is -1.96. The van der Waals surface area contributed by atoms with Crippen LogP contribution in [0.5, 0.6) is 34.5 Å². The summed E-state index contributed by atoms with van der Waals surface area (Å²) < 4.78 is 34.8. The largest absolute Gasteiger partial charge is 0.493 e. The van der Waals surface area contributed by atoms with Crippen molar-refractivity contribution >= 4 is 62.3 Å². The van der Waals surface area contributed by atoms with E-state index in [-0.39, 0.29) is 0 Å². The highest BCUT2D eigenvalue weighted by Gasteiger charge is 2.21. The van der Waals surface area contributed by atoms with Crippen molar-refractivity contribution in [3.05, 3.63) is 81.8 Å². The Balaban J connectivity index is 1.56. The second-order valence-corrected chi connectivity index (χ2v) is 11.9. The predicted octanol–water partition coefficient (Wildman–Crippen LogP) is 8.80. The Kier molecular flexibility index (Phi) is 8.52. The normalized spacial score (nSPS) is 11.8. The molecule has 248 valence electrons. The molecule has 2 aliphatic rings. The van der Waals surface area contributed by atoms with Crippen molar-refractivity contribution in [1.82, 2.24) is 19.9 Å². The Bertz CT molecular complexity index is 2230. The predicted molar refractivity (Wildman–Crippen MR) is 197 cm³/mol. The molecule has 0 radical (unpaired) electrons. The zero-order valence-corrected chi connectivity index (χ0v) is 29.3. The molecule has 8 bridgehead atoms. The average molecular weight is 722 g/mol. The molecule has 11 heteroatoms. The second-order valence-electron chi connectivity index (χ2n) is 11.1. The van der Waals surface area contributed by atoms with Gasteiger partial charge in [0, 0.05) is 27.7 Å². The molecule has 2 aliphatic heterocycles. The first kappa shape index (κ1) is 31.9. The summed E-state index contributed by atoms with van der Waals surface area (Å²) >= 11 is 3.84.